The molecular formula is C19H16N4O2S. The van der Waals surface area contributed by atoms with Gasteiger partial charge in [0.2, 0.25) is 5.89 Å². The Morgan fingerprint density at radius 2 is 1.96 bits per heavy atom. The maximum Gasteiger partial charge on any atom is 0.308 e. The molecular weight excluding hydrogens is 348 g/mol. The van der Waals surface area contributed by atoms with E-state index in [1.807, 2.05) is 31.2 Å². The monoisotopic (exact) mass is 364 g/mol. The van der Waals surface area contributed by atoms with E-state index in [1.165, 1.54) is 5.56 Å². The van der Waals surface area contributed by atoms with Gasteiger partial charge in [-0.1, -0.05) is 36.4 Å². The van der Waals surface area contributed by atoms with Gasteiger partial charge in [-0.25, -0.2) is 4.98 Å². The number of benzene rings is 2. The third-order valence-corrected chi connectivity index (χ3v) is 4.86. The Balaban J connectivity index is 1.57. The summed E-state index contributed by atoms with van der Waals surface area (Å²) in [5, 5.41) is 11.2. The van der Waals surface area contributed by atoms with Crippen LogP contribution in [0, 0.1) is 0 Å². The van der Waals surface area contributed by atoms with E-state index in [0.29, 0.717) is 18.9 Å². The fourth-order valence-corrected chi connectivity index (χ4v) is 3.64. The normalized spacial score (nSPS) is 11.0. The fourth-order valence-electron chi connectivity index (χ4n) is 2.64. The molecule has 6 nitrogen and oxygen atoms in total. The average Bonchev–Trinajstić information content (AvgIpc) is 3.28. The number of thiazole rings is 1. The molecule has 130 valence electrons. The number of carbonyl (C=O) groups excluding carboxylic acids is 1. The van der Waals surface area contributed by atoms with E-state index in [-0.39, 0.29) is 11.8 Å². The molecule has 0 fully saturated rings. The van der Waals surface area contributed by atoms with Crippen molar-refractivity contribution in [3.05, 3.63) is 65.3 Å². The van der Waals surface area contributed by atoms with Gasteiger partial charge in [0.15, 0.2) is 0 Å². The Morgan fingerprint density at radius 1 is 1.12 bits per heavy atom. The van der Waals surface area contributed by atoms with E-state index < -0.39 is 0 Å². The van der Waals surface area contributed by atoms with Gasteiger partial charge in [0, 0.05) is 6.54 Å². The van der Waals surface area contributed by atoms with Crippen molar-refractivity contribution in [3.63, 3.8) is 0 Å². The standard InChI is InChI=1S/C19H16N4O2S/c1-2-20-18(24)19-23-22-16(25-19)11-17-21-14-9-8-13(10-15(14)26-17)12-6-4-3-5-7-12/h3-10H,2,11H2,1H3,(H,20,24). The van der Waals surface area contributed by atoms with Gasteiger partial charge in [0.25, 0.3) is 0 Å². The van der Waals surface area contributed by atoms with Crippen LogP contribution >= 0.6 is 11.3 Å². The molecule has 2 aromatic carbocycles. The number of carbonyl (C=O) groups is 1. The van der Waals surface area contributed by atoms with Crippen LogP contribution in [0.5, 0.6) is 0 Å². The molecule has 2 aromatic heterocycles. The molecule has 1 amide bonds. The largest absolute Gasteiger partial charge is 0.416 e. The number of rotatable bonds is 5. The second-order valence-corrected chi connectivity index (χ2v) is 6.81. The van der Waals surface area contributed by atoms with Gasteiger partial charge in [-0.05, 0) is 30.2 Å². The molecule has 1 N–H and O–H groups in total. The van der Waals surface area contributed by atoms with E-state index in [4.69, 9.17) is 4.42 Å². The summed E-state index contributed by atoms with van der Waals surface area (Å²) in [6, 6.07) is 16.5. The van der Waals surface area contributed by atoms with Crippen LogP contribution in [0.2, 0.25) is 0 Å². The molecule has 0 aliphatic rings. The highest BCUT2D eigenvalue weighted by molar-refractivity contribution is 7.18. The fraction of sp³-hybridized carbons (Fsp3) is 0.158. The maximum atomic E-state index is 11.7. The lowest BCUT2D eigenvalue weighted by Gasteiger charge is -2.00. The third kappa shape index (κ3) is 3.34. The highest BCUT2D eigenvalue weighted by atomic mass is 32.1. The van der Waals surface area contributed by atoms with Crippen molar-refractivity contribution < 1.29 is 9.21 Å². The van der Waals surface area contributed by atoms with E-state index >= 15 is 0 Å². The summed E-state index contributed by atoms with van der Waals surface area (Å²) in [6.45, 7) is 2.35. The number of hydrogen-bond acceptors (Lipinski definition) is 6. The second kappa shape index (κ2) is 7.05. The third-order valence-electron chi connectivity index (χ3n) is 3.84. The minimum absolute atomic E-state index is 0.0191. The molecule has 0 atom stereocenters. The molecule has 0 radical (unpaired) electrons. The first kappa shape index (κ1) is 16.4. The Kier molecular flexibility index (Phi) is 4.45. The van der Waals surface area contributed by atoms with Crippen LogP contribution in [0.4, 0.5) is 0 Å². The topological polar surface area (TPSA) is 80.9 Å². The van der Waals surface area contributed by atoms with Crippen molar-refractivity contribution in [2.45, 2.75) is 13.3 Å². The van der Waals surface area contributed by atoms with Gasteiger partial charge in [0.05, 0.1) is 16.6 Å². The molecule has 0 saturated carbocycles. The van der Waals surface area contributed by atoms with E-state index in [0.717, 1.165) is 20.8 Å². The molecule has 0 saturated heterocycles. The predicted molar refractivity (Wildman–Crippen MR) is 100 cm³/mol. The van der Waals surface area contributed by atoms with Gasteiger partial charge in [-0.3, -0.25) is 4.79 Å². The number of fused-ring (bicyclic) bond motifs is 1. The molecule has 26 heavy (non-hydrogen) atoms. The molecule has 2 heterocycles. The first-order chi connectivity index (χ1) is 12.7. The van der Waals surface area contributed by atoms with Gasteiger partial charge in [-0.15, -0.1) is 21.5 Å². The lowest BCUT2D eigenvalue weighted by molar-refractivity contribution is 0.0919. The summed E-state index contributed by atoms with van der Waals surface area (Å²) in [7, 11) is 0. The lowest BCUT2D eigenvalue weighted by atomic mass is 10.1. The summed E-state index contributed by atoms with van der Waals surface area (Å²) in [6.07, 6.45) is 0.409. The summed E-state index contributed by atoms with van der Waals surface area (Å²) in [5.41, 5.74) is 3.27. The zero-order chi connectivity index (χ0) is 17.9. The van der Waals surface area contributed by atoms with E-state index in [2.05, 4.69) is 44.8 Å². The summed E-state index contributed by atoms with van der Waals surface area (Å²) < 4.78 is 6.53. The van der Waals surface area contributed by atoms with Crippen LogP contribution in [0.15, 0.2) is 52.9 Å². The van der Waals surface area contributed by atoms with Crippen molar-refractivity contribution in [1.29, 1.82) is 0 Å². The summed E-state index contributed by atoms with van der Waals surface area (Å²) in [4.78, 5) is 16.3. The Hall–Kier alpha value is -3.06. The minimum Gasteiger partial charge on any atom is -0.416 e. The van der Waals surface area contributed by atoms with E-state index in [1.54, 1.807) is 11.3 Å². The first-order valence-electron chi connectivity index (χ1n) is 8.28. The quantitative estimate of drug-likeness (QED) is 0.584. The number of nitrogens with zero attached hydrogens (tertiary/aromatic N) is 3. The lowest BCUT2D eigenvalue weighted by Crippen LogP contribution is -2.22. The Morgan fingerprint density at radius 3 is 2.77 bits per heavy atom. The average molecular weight is 364 g/mol. The smallest absolute Gasteiger partial charge is 0.308 e. The van der Waals surface area contributed by atoms with Crippen molar-refractivity contribution in [1.82, 2.24) is 20.5 Å². The summed E-state index contributed by atoms with van der Waals surface area (Å²) in [5.74, 6) is 0.00553. The second-order valence-electron chi connectivity index (χ2n) is 5.69. The van der Waals surface area contributed by atoms with Crippen LogP contribution in [-0.4, -0.2) is 27.6 Å². The highest BCUT2D eigenvalue weighted by Gasteiger charge is 2.15. The van der Waals surface area contributed by atoms with Crippen molar-refractivity contribution in [2.75, 3.05) is 6.54 Å². The predicted octanol–water partition coefficient (Wildman–Crippen LogP) is 3.69. The van der Waals surface area contributed by atoms with Gasteiger partial charge < -0.3 is 9.73 Å². The SMILES string of the molecule is CCNC(=O)c1nnc(Cc2nc3ccc(-c4ccccc4)cc3s2)o1. The minimum atomic E-state index is -0.358. The molecule has 0 spiro atoms. The molecule has 0 aliphatic carbocycles. The maximum absolute atomic E-state index is 11.7. The van der Waals surface area contributed by atoms with Crippen LogP contribution in [0.1, 0.15) is 28.5 Å². The van der Waals surface area contributed by atoms with Crippen LogP contribution in [0.25, 0.3) is 21.3 Å². The number of hydrogen-bond donors (Lipinski definition) is 1. The van der Waals surface area contributed by atoms with Crippen molar-refractivity contribution in [3.8, 4) is 11.1 Å². The molecule has 0 bridgehead atoms. The zero-order valence-corrected chi connectivity index (χ0v) is 14.9. The number of nitrogens with one attached hydrogen (secondary N) is 1. The van der Waals surface area contributed by atoms with Gasteiger partial charge in [-0.2, -0.15) is 0 Å². The Bertz CT molecular complexity index is 1060. The van der Waals surface area contributed by atoms with Crippen molar-refractivity contribution in [2.24, 2.45) is 0 Å². The number of amides is 1. The van der Waals surface area contributed by atoms with Gasteiger partial charge in [0.1, 0.15) is 5.01 Å². The number of aromatic nitrogens is 3. The molecule has 7 heteroatoms. The molecule has 4 rings (SSSR count). The Labute approximate surface area is 153 Å². The van der Waals surface area contributed by atoms with Crippen LogP contribution in [0.3, 0.4) is 0 Å². The molecule has 0 unspecified atom stereocenters. The molecule has 4 aromatic rings. The van der Waals surface area contributed by atoms with Crippen molar-refractivity contribution >= 4 is 27.5 Å². The highest BCUT2D eigenvalue weighted by Crippen LogP contribution is 2.29. The van der Waals surface area contributed by atoms with Gasteiger partial charge >= 0.3 is 11.8 Å². The molecule has 0 aliphatic heterocycles. The first-order valence-corrected chi connectivity index (χ1v) is 9.10. The zero-order valence-electron chi connectivity index (χ0n) is 14.1. The van der Waals surface area contributed by atoms with Crippen LogP contribution < -0.4 is 5.32 Å². The van der Waals surface area contributed by atoms with Crippen LogP contribution in [-0.2, 0) is 6.42 Å². The van der Waals surface area contributed by atoms with E-state index in [9.17, 15) is 4.79 Å². The summed E-state index contributed by atoms with van der Waals surface area (Å²) >= 11 is 1.59.